The van der Waals surface area contributed by atoms with E-state index in [1.807, 2.05) is 49.3 Å². The summed E-state index contributed by atoms with van der Waals surface area (Å²) in [5.41, 5.74) is 2.02. The Morgan fingerprint density at radius 1 is 0.921 bits per heavy atom. The number of aliphatic hydroxyl groups excluding tert-OH is 1. The van der Waals surface area contributed by atoms with Crippen molar-refractivity contribution in [1.29, 1.82) is 0 Å². The molecule has 8 nitrogen and oxygen atoms in total. The number of carbonyl (C=O) groups is 2. The van der Waals surface area contributed by atoms with Crippen molar-refractivity contribution in [3.05, 3.63) is 95.1 Å². The maximum Gasteiger partial charge on any atom is 0.295 e. The average Bonchev–Trinajstić information content (AvgIpc) is 3.19. The Kier molecular flexibility index (Phi) is 8.33. The third-order valence-electron chi connectivity index (χ3n) is 6.44. The number of likely N-dealkylation sites (N-methyl/N-ethyl adjacent to an activating group) is 1. The molecule has 3 aromatic carbocycles. The molecular formula is C30H32N2O6. The molecule has 1 aliphatic heterocycles. The van der Waals surface area contributed by atoms with Crippen LogP contribution < -0.4 is 14.2 Å². The van der Waals surface area contributed by atoms with E-state index < -0.39 is 17.7 Å². The lowest BCUT2D eigenvalue weighted by Gasteiger charge is -2.27. The quantitative estimate of drug-likeness (QED) is 0.245. The van der Waals surface area contributed by atoms with Gasteiger partial charge in [0.05, 0.1) is 25.8 Å². The third kappa shape index (κ3) is 5.65. The smallest absolute Gasteiger partial charge is 0.295 e. The molecule has 8 heteroatoms. The second kappa shape index (κ2) is 11.8. The standard InChI is InChI=1S/C30H32N2O6/c1-31(2)16-17-32-27(24-15-14-23(36-3)18-25(24)37-4)26(29(34)30(32)35)28(33)21-10-12-22(13-11-21)38-19-20-8-6-5-7-9-20/h5-15,18,27,33H,16-17,19H2,1-4H3/b28-26+. The Morgan fingerprint density at radius 2 is 1.61 bits per heavy atom. The zero-order valence-electron chi connectivity index (χ0n) is 22.0. The summed E-state index contributed by atoms with van der Waals surface area (Å²) >= 11 is 0. The lowest BCUT2D eigenvalue weighted by molar-refractivity contribution is -0.140. The summed E-state index contributed by atoms with van der Waals surface area (Å²) < 4.78 is 16.8. The zero-order valence-corrected chi connectivity index (χ0v) is 22.0. The molecule has 3 aromatic rings. The Balaban J connectivity index is 1.71. The first-order chi connectivity index (χ1) is 18.3. The number of carbonyl (C=O) groups excluding carboxylic acids is 2. The van der Waals surface area contributed by atoms with Crippen LogP contribution in [0.15, 0.2) is 78.4 Å². The maximum atomic E-state index is 13.3. The molecule has 1 saturated heterocycles. The fourth-order valence-electron chi connectivity index (χ4n) is 4.39. The minimum Gasteiger partial charge on any atom is -0.507 e. The summed E-state index contributed by atoms with van der Waals surface area (Å²) in [6.45, 7) is 1.23. The normalized spacial score (nSPS) is 16.7. The minimum atomic E-state index is -0.829. The zero-order chi connectivity index (χ0) is 27.2. The largest absolute Gasteiger partial charge is 0.507 e. The molecule has 198 valence electrons. The fraction of sp³-hybridized carbons (Fsp3) is 0.267. The van der Waals surface area contributed by atoms with Crippen LogP contribution in [0.4, 0.5) is 0 Å². The van der Waals surface area contributed by atoms with Crippen LogP contribution in [0.2, 0.25) is 0 Å². The molecule has 1 amide bonds. The molecule has 1 unspecified atom stereocenters. The van der Waals surface area contributed by atoms with Crippen molar-refractivity contribution in [2.45, 2.75) is 12.6 Å². The number of nitrogens with zero attached hydrogens (tertiary/aromatic N) is 2. The lowest BCUT2D eigenvalue weighted by Crippen LogP contribution is -2.35. The van der Waals surface area contributed by atoms with Crippen LogP contribution in [-0.2, 0) is 16.2 Å². The van der Waals surface area contributed by atoms with Crippen LogP contribution in [0.25, 0.3) is 5.76 Å². The van der Waals surface area contributed by atoms with Crippen molar-refractivity contribution in [2.24, 2.45) is 0 Å². The van der Waals surface area contributed by atoms with Gasteiger partial charge in [0.1, 0.15) is 29.6 Å². The van der Waals surface area contributed by atoms with Crippen molar-refractivity contribution in [2.75, 3.05) is 41.4 Å². The number of hydrogen-bond acceptors (Lipinski definition) is 7. The van der Waals surface area contributed by atoms with Crippen LogP contribution in [0.5, 0.6) is 17.2 Å². The van der Waals surface area contributed by atoms with Crippen LogP contribution in [-0.4, -0.2) is 68.0 Å². The van der Waals surface area contributed by atoms with E-state index in [0.29, 0.717) is 48.1 Å². The molecular weight excluding hydrogens is 484 g/mol. The number of ketones is 1. The van der Waals surface area contributed by atoms with Gasteiger partial charge >= 0.3 is 0 Å². The van der Waals surface area contributed by atoms with E-state index in [1.54, 1.807) is 49.6 Å². The van der Waals surface area contributed by atoms with Gasteiger partial charge < -0.3 is 29.1 Å². The van der Waals surface area contributed by atoms with Crippen LogP contribution in [0.1, 0.15) is 22.7 Å². The first kappa shape index (κ1) is 26.8. The maximum absolute atomic E-state index is 13.3. The number of aliphatic hydroxyl groups is 1. The summed E-state index contributed by atoms with van der Waals surface area (Å²) in [5, 5.41) is 11.4. The van der Waals surface area contributed by atoms with Gasteiger partial charge in [-0.05, 0) is 56.1 Å². The Morgan fingerprint density at radius 3 is 2.24 bits per heavy atom. The number of Topliss-reactive ketones (excluding diaryl/α,β-unsaturated/α-hetero) is 1. The molecule has 4 rings (SSSR count). The summed E-state index contributed by atoms with van der Waals surface area (Å²) in [6.07, 6.45) is 0. The van der Waals surface area contributed by atoms with Gasteiger partial charge in [-0.15, -0.1) is 0 Å². The van der Waals surface area contributed by atoms with Crippen molar-refractivity contribution in [1.82, 2.24) is 9.80 Å². The highest BCUT2D eigenvalue weighted by Crippen LogP contribution is 2.43. The molecule has 0 saturated carbocycles. The predicted octanol–water partition coefficient (Wildman–Crippen LogP) is 4.27. The monoisotopic (exact) mass is 516 g/mol. The first-order valence-electron chi connectivity index (χ1n) is 12.3. The van der Waals surface area contributed by atoms with E-state index in [2.05, 4.69) is 0 Å². The van der Waals surface area contributed by atoms with Crippen LogP contribution in [0, 0.1) is 0 Å². The van der Waals surface area contributed by atoms with Crippen molar-refractivity contribution in [3.63, 3.8) is 0 Å². The van der Waals surface area contributed by atoms with Gasteiger partial charge in [0.25, 0.3) is 11.7 Å². The van der Waals surface area contributed by atoms with E-state index in [-0.39, 0.29) is 11.3 Å². The molecule has 1 aliphatic rings. The van der Waals surface area contributed by atoms with Crippen molar-refractivity contribution >= 4 is 17.4 Å². The molecule has 1 fully saturated rings. The van der Waals surface area contributed by atoms with Crippen LogP contribution in [0.3, 0.4) is 0 Å². The molecule has 1 N–H and O–H groups in total. The summed E-state index contributed by atoms with van der Waals surface area (Å²) in [6, 6.07) is 20.9. The number of methoxy groups -OCH3 is 2. The second-order valence-corrected chi connectivity index (χ2v) is 9.20. The van der Waals surface area contributed by atoms with E-state index in [0.717, 1.165) is 5.56 Å². The van der Waals surface area contributed by atoms with Gasteiger partial charge in [-0.25, -0.2) is 0 Å². The Bertz CT molecular complexity index is 1320. The van der Waals surface area contributed by atoms with Gasteiger partial charge in [0, 0.05) is 30.3 Å². The highest BCUT2D eigenvalue weighted by Gasteiger charge is 2.47. The SMILES string of the molecule is COc1ccc(C2/C(=C(\O)c3ccc(OCc4ccccc4)cc3)C(=O)C(=O)N2CCN(C)C)c(OC)c1. The van der Waals surface area contributed by atoms with Crippen molar-refractivity contribution in [3.8, 4) is 17.2 Å². The third-order valence-corrected chi connectivity index (χ3v) is 6.44. The number of ether oxygens (including phenoxy) is 3. The lowest BCUT2D eigenvalue weighted by atomic mass is 9.94. The average molecular weight is 517 g/mol. The Labute approximate surface area is 222 Å². The number of amides is 1. The molecule has 1 atom stereocenters. The number of benzene rings is 3. The first-order valence-corrected chi connectivity index (χ1v) is 12.3. The van der Waals surface area contributed by atoms with Gasteiger partial charge in [-0.1, -0.05) is 30.3 Å². The van der Waals surface area contributed by atoms with E-state index in [9.17, 15) is 14.7 Å². The fourth-order valence-corrected chi connectivity index (χ4v) is 4.39. The van der Waals surface area contributed by atoms with Gasteiger partial charge in [-0.2, -0.15) is 0 Å². The van der Waals surface area contributed by atoms with Crippen LogP contribution >= 0.6 is 0 Å². The minimum absolute atomic E-state index is 0.00942. The molecule has 0 bridgehead atoms. The summed E-state index contributed by atoms with van der Waals surface area (Å²) in [4.78, 5) is 29.9. The van der Waals surface area contributed by atoms with E-state index in [4.69, 9.17) is 14.2 Å². The molecule has 0 aromatic heterocycles. The molecule has 1 heterocycles. The van der Waals surface area contributed by atoms with E-state index >= 15 is 0 Å². The topological polar surface area (TPSA) is 88.5 Å². The summed E-state index contributed by atoms with van der Waals surface area (Å²) in [7, 11) is 6.84. The number of likely N-dealkylation sites (tertiary alicyclic amines) is 1. The Hall–Kier alpha value is -4.30. The molecule has 0 aliphatic carbocycles. The number of hydrogen-bond donors (Lipinski definition) is 1. The highest BCUT2D eigenvalue weighted by atomic mass is 16.5. The predicted molar refractivity (Wildman–Crippen MR) is 144 cm³/mol. The van der Waals surface area contributed by atoms with Gasteiger partial charge in [0.2, 0.25) is 0 Å². The van der Waals surface area contributed by atoms with Gasteiger partial charge in [0.15, 0.2) is 0 Å². The number of rotatable bonds is 10. The second-order valence-electron chi connectivity index (χ2n) is 9.20. The molecule has 0 spiro atoms. The highest BCUT2D eigenvalue weighted by molar-refractivity contribution is 6.46. The van der Waals surface area contributed by atoms with Crippen molar-refractivity contribution < 1.29 is 28.9 Å². The van der Waals surface area contributed by atoms with Gasteiger partial charge in [-0.3, -0.25) is 9.59 Å². The molecule has 38 heavy (non-hydrogen) atoms. The molecule has 0 radical (unpaired) electrons. The van der Waals surface area contributed by atoms with E-state index in [1.165, 1.54) is 12.0 Å². The summed E-state index contributed by atoms with van der Waals surface area (Å²) in [5.74, 6) is -0.0328.